The van der Waals surface area contributed by atoms with Crippen molar-refractivity contribution in [1.29, 1.82) is 0 Å². The van der Waals surface area contributed by atoms with Crippen LogP contribution in [0.25, 0.3) is 5.70 Å². The molecule has 132 valence electrons. The smallest absolute Gasteiger partial charge is 0.271 e. The molecular formula is C21H21N3O2. The van der Waals surface area contributed by atoms with E-state index in [0.717, 1.165) is 23.4 Å². The molecule has 0 fully saturated rings. The second-order valence-electron chi connectivity index (χ2n) is 5.99. The molecule has 26 heavy (non-hydrogen) atoms. The number of allylic oxidation sites excluding steroid dienone is 1. The van der Waals surface area contributed by atoms with Gasteiger partial charge in [0.05, 0.1) is 12.8 Å². The summed E-state index contributed by atoms with van der Waals surface area (Å²) in [7, 11) is 0. The van der Waals surface area contributed by atoms with Crippen LogP contribution < -0.4 is 10.7 Å². The average molecular weight is 347 g/mol. The maximum Gasteiger partial charge on any atom is 0.271 e. The van der Waals surface area contributed by atoms with Gasteiger partial charge in [-0.2, -0.15) is 5.10 Å². The van der Waals surface area contributed by atoms with Crippen LogP contribution in [-0.4, -0.2) is 18.7 Å². The van der Waals surface area contributed by atoms with Crippen LogP contribution >= 0.6 is 0 Å². The van der Waals surface area contributed by atoms with Gasteiger partial charge in [-0.25, -0.2) is 5.43 Å². The number of hydrazone groups is 1. The average Bonchev–Trinajstić information content (AvgIpc) is 3.16. The van der Waals surface area contributed by atoms with Gasteiger partial charge in [0.15, 0.2) is 0 Å². The van der Waals surface area contributed by atoms with Crippen molar-refractivity contribution < 1.29 is 9.53 Å². The second kappa shape index (κ2) is 8.16. The summed E-state index contributed by atoms with van der Waals surface area (Å²) in [5, 5.41) is 7.15. The van der Waals surface area contributed by atoms with Crippen molar-refractivity contribution >= 4 is 23.5 Å². The molecule has 0 unspecified atom stereocenters. The number of ether oxygens (including phenoxy) is 1. The first kappa shape index (κ1) is 17.5. The summed E-state index contributed by atoms with van der Waals surface area (Å²) in [5.41, 5.74) is 6.76. The first-order valence-corrected chi connectivity index (χ1v) is 8.41. The minimum atomic E-state index is -0.288. The molecule has 0 saturated heterocycles. The molecule has 1 heterocycles. The minimum absolute atomic E-state index is 0.288. The van der Waals surface area contributed by atoms with Crippen LogP contribution in [0.5, 0.6) is 0 Å². The highest BCUT2D eigenvalue weighted by molar-refractivity contribution is 5.96. The third kappa shape index (κ3) is 4.60. The molecule has 2 N–H and O–H groups in total. The molecule has 0 atom stereocenters. The molecule has 0 saturated carbocycles. The lowest BCUT2D eigenvalue weighted by molar-refractivity contribution is 0.0955. The molecule has 1 aliphatic heterocycles. The van der Waals surface area contributed by atoms with Crippen molar-refractivity contribution in [2.75, 3.05) is 11.9 Å². The molecule has 0 aliphatic carbocycles. The van der Waals surface area contributed by atoms with Crippen molar-refractivity contribution in [3.05, 3.63) is 83.6 Å². The Balaban J connectivity index is 1.62. The van der Waals surface area contributed by atoms with Gasteiger partial charge in [-0.1, -0.05) is 42.5 Å². The summed E-state index contributed by atoms with van der Waals surface area (Å²) in [6, 6.07) is 15.3. The number of nitrogens with one attached hydrogen (secondary N) is 2. The Morgan fingerprint density at radius 3 is 2.73 bits per heavy atom. The van der Waals surface area contributed by atoms with Gasteiger partial charge < -0.3 is 10.1 Å². The van der Waals surface area contributed by atoms with E-state index in [1.54, 1.807) is 12.1 Å². The van der Waals surface area contributed by atoms with E-state index in [1.165, 1.54) is 11.8 Å². The summed E-state index contributed by atoms with van der Waals surface area (Å²) >= 11 is 0. The summed E-state index contributed by atoms with van der Waals surface area (Å²) in [4.78, 5) is 12.2. The lowest BCUT2D eigenvalue weighted by Crippen LogP contribution is -2.17. The molecule has 3 rings (SSSR count). The lowest BCUT2D eigenvalue weighted by Gasteiger charge is -2.11. The summed E-state index contributed by atoms with van der Waals surface area (Å²) in [6.45, 7) is 6.76. The van der Waals surface area contributed by atoms with Gasteiger partial charge in [-0.05, 0) is 36.8 Å². The minimum Gasteiger partial charge on any atom is -0.492 e. The third-order valence-corrected chi connectivity index (χ3v) is 3.91. The molecular weight excluding hydrogens is 326 g/mol. The van der Waals surface area contributed by atoms with E-state index in [-0.39, 0.29) is 5.91 Å². The highest BCUT2D eigenvalue weighted by Gasteiger charge is 2.07. The van der Waals surface area contributed by atoms with Gasteiger partial charge in [-0.15, -0.1) is 0 Å². The molecule has 1 aliphatic rings. The monoisotopic (exact) mass is 347 g/mol. The number of amides is 1. The molecule has 5 heteroatoms. The van der Waals surface area contributed by atoms with Crippen molar-refractivity contribution in [2.45, 2.75) is 13.3 Å². The van der Waals surface area contributed by atoms with E-state index in [4.69, 9.17) is 4.74 Å². The molecule has 5 nitrogen and oxygen atoms in total. The van der Waals surface area contributed by atoms with Crippen molar-refractivity contribution in [3.8, 4) is 0 Å². The van der Waals surface area contributed by atoms with Crippen LogP contribution in [0.15, 0.2) is 72.0 Å². The quantitative estimate of drug-likeness (QED) is 0.611. The van der Waals surface area contributed by atoms with Crippen LogP contribution in [0.1, 0.15) is 27.9 Å². The Morgan fingerprint density at radius 2 is 2.00 bits per heavy atom. The largest absolute Gasteiger partial charge is 0.492 e. The Labute approximate surface area is 153 Å². The zero-order valence-corrected chi connectivity index (χ0v) is 14.7. The fourth-order valence-electron chi connectivity index (χ4n) is 2.49. The number of rotatable bonds is 6. The van der Waals surface area contributed by atoms with Gasteiger partial charge in [0.1, 0.15) is 5.76 Å². The van der Waals surface area contributed by atoms with E-state index in [2.05, 4.69) is 22.4 Å². The maximum atomic E-state index is 12.2. The van der Waals surface area contributed by atoms with Crippen LogP contribution in [0, 0.1) is 6.92 Å². The number of benzene rings is 2. The first-order chi connectivity index (χ1) is 12.6. The SMILES string of the molecule is C=C(Nc1cccc(C(=O)N/N=C/C2=CCCO2)c1)c1ccc(C)cc1. The van der Waals surface area contributed by atoms with E-state index < -0.39 is 0 Å². The normalized spacial score (nSPS) is 13.2. The number of hydrogen-bond acceptors (Lipinski definition) is 4. The lowest BCUT2D eigenvalue weighted by atomic mass is 10.1. The van der Waals surface area contributed by atoms with Gasteiger partial charge >= 0.3 is 0 Å². The van der Waals surface area contributed by atoms with E-state index in [9.17, 15) is 4.79 Å². The predicted octanol–water partition coefficient (Wildman–Crippen LogP) is 4.10. The van der Waals surface area contributed by atoms with Crippen molar-refractivity contribution in [1.82, 2.24) is 5.43 Å². The molecule has 2 aromatic carbocycles. The number of nitrogens with zero attached hydrogens (tertiary/aromatic N) is 1. The molecule has 1 amide bonds. The fraction of sp³-hybridized carbons (Fsp3) is 0.143. The molecule has 0 aromatic heterocycles. The highest BCUT2D eigenvalue weighted by Crippen LogP contribution is 2.18. The predicted molar refractivity (Wildman–Crippen MR) is 105 cm³/mol. The van der Waals surface area contributed by atoms with Gasteiger partial charge in [0.25, 0.3) is 5.91 Å². The fourth-order valence-corrected chi connectivity index (χ4v) is 2.49. The number of carbonyl (C=O) groups excluding carboxylic acids is 1. The number of aryl methyl sites for hydroxylation is 1. The van der Waals surface area contributed by atoms with Crippen LogP contribution in [0.2, 0.25) is 0 Å². The number of carbonyl (C=O) groups is 1. The summed E-state index contributed by atoms with van der Waals surface area (Å²) in [5.74, 6) is 0.388. The number of hydrogen-bond donors (Lipinski definition) is 2. The van der Waals surface area contributed by atoms with Gasteiger partial charge in [-0.3, -0.25) is 4.79 Å². The Morgan fingerprint density at radius 1 is 1.19 bits per heavy atom. The molecule has 2 aromatic rings. The number of anilines is 1. The Bertz CT molecular complexity index is 867. The van der Waals surface area contributed by atoms with Crippen molar-refractivity contribution in [2.24, 2.45) is 5.10 Å². The Kier molecular flexibility index (Phi) is 5.49. The van der Waals surface area contributed by atoms with Crippen molar-refractivity contribution in [3.63, 3.8) is 0 Å². The summed E-state index contributed by atoms with van der Waals surface area (Å²) in [6.07, 6.45) is 4.30. The highest BCUT2D eigenvalue weighted by atomic mass is 16.5. The van der Waals surface area contributed by atoms with E-state index in [0.29, 0.717) is 17.9 Å². The first-order valence-electron chi connectivity index (χ1n) is 8.41. The Hall–Kier alpha value is -3.34. The van der Waals surface area contributed by atoms with Crippen LogP contribution in [0.4, 0.5) is 5.69 Å². The topological polar surface area (TPSA) is 62.7 Å². The zero-order chi connectivity index (χ0) is 18.4. The van der Waals surface area contributed by atoms with Gasteiger partial charge in [0.2, 0.25) is 0 Å². The van der Waals surface area contributed by atoms with Crippen LogP contribution in [0.3, 0.4) is 0 Å². The zero-order valence-electron chi connectivity index (χ0n) is 14.7. The third-order valence-electron chi connectivity index (χ3n) is 3.91. The maximum absolute atomic E-state index is 12.2. The van der Waals surface area contributed by atoms with Gasteiger partial charge in [0, 0.05) is 23.4 Å². The summed E-state index contributed by atoms with van der Waals surface area (Å²) < 4.78 is 5.29. The van der Waals surface area contributed by atoms with E-state index >= 15 is 0 Å². The molecule has 0 bridgehead atoms. The van der Waals surface area contributed by atoms with E-state index in [1.807, 2.05) is 49.4 Å². The standard InChI is InChI=1S/C21H21N3O2/c1-15-8-10-17(11-9-15)16(2)23-19-6-3-5-18(13-19)21(25)24-22-14-20-7-4-12-26-20/h3,5-11,13-14,23H,2,4,12H2,1H3,(H,24,25)/b22-14+. The molecule has 0 spiro atoms. The second-order valence-corrected chi connectivity index (χ2v) is 5.99. The molecule has 0 radical (unpaired) electrons. The van der Waals surface area contributed by atoms with Crippen LogP contribution in [-0.2, 0) is 4.74 Å².